The molecule has 1 unspecified atom stereocenters. The fraction of sp³-hybridized carbons (Fsp3) is 0.300. The van der Waals surface area contributed by atoms with Gasteiger partial charge in [0.25, 0.3) is 0 Å². The van der Waals surface area contributed by atoms with Gasteiger partial charge >= 0.3 is 0 Å². The molecule has 1 aromatic carbocycles. The van der Waals surface area contributed by atoms with Gasteiger partial charge < -0.3 is 5.73 Å². The van der Waals surface area contributed by atoms with Gasteiger partial charge in [0, 0.05) is 11.1 Å². The maximum absolute atomic E-state index is 8.46. The van der Waals surface area contributed by atoms with E-state index in [2.05, 4.69) is 0 Å². The first-order chi connectivity index (χ1) is 6.15. The Balaban J connectivity index is 2.91. The summed E-state index contributed by atoms with van der Waals surface area (Å²) in [6, 6.07) is 7.43. The van der Waals surface area contributed by atoms with E-state index in [0.717, 1.165) is 11.1 Å². The van der Waals surface area contributed by atoms with Crippen LogP contribution in [0.4, 0.5) is 0 Å². The number of nitriles is 1. The largest absolute Gasteiger partial charge is 0.323 e. The average Bonchev–Trinajstić information content (AvgIpc) is 2.10. The lowest BCUT2D eigenvalue weighted by atomic mass is 10.0. The zero-order valence-electron chi connectivity index (χ0n) is 7.42. The molecule has 0 aliphatic heterocycles. The topological polar surface area (TPSA) is 49.8 Å². The van der Waals surface area contributed by atoms with Crippen LogP contribution in [0.3, 0.4) is 0 Å². The molecular weight excluding hydrogens is 184 g/mol. The second-order valence-electron chi connectivity index (χ2n) is 2.98. The maximum Gasteiger partial charge on any atom is 0.0641 e. The van der Waals surface area contributed by atoms with Gasteiger partial charge in [-0.2, -0.15) is 5.26 Å². The number of hydrogen-bond acceptors (Lipinski definition) is 2. The SMILES string of the molecule is Cc1ccc(C(N)CC#N)cc1Cl. The molecule has 0 aliphatic carbocycles. The van der Waals surface area contributed by atoms with Crippen LogP contribution in [-0.4, -0.2) is 0 Å². The summed E-state index contributed by atoms with van der Waals surface area (Å²) in [6.07, 6.45) is 0.319. The van der Waals surface area contributed by atoms with Crippen LogP contribution in [0.25, 0.3) is 0 Å². The fourth-order valence-electron chi connectivity index (χ4n) is 1.06. The zero-order chi connectivity index (χ0) is 9.84. The van der Waals surface area contributed by atoms with E-state index in [9.17, 15) is 0 Å². The van der Waals surface area contributed by atoms with Crippen LogP contribution >= 0.6 is 11.6 Å². The van der Waals surface area contributed by atoms with Crippen LogP contribution in [0.15, 0.2) is 18.2 Å². The van der Waals surface area contributed by atoms with E-state index in [0.29, 0.717) is 11.4 Å². The molecule has 1 aromatic rings. The van der Waals surface area contributed by atoms with Crippen LogP contribution in [-0.2, 0) is 0 Å². The lowest BCUT2D eigenvalue weighted by Crippen LogP contribution is -2.09. The second-order valence-corrected chi connectivity index (χ2v) is 3.38. The van der Waals surface area contributed by atoms with Gasteiger partial charge in [-0.05, 0) is 24.1 Å². The molecule has 0 fully saturated rings. The van der Waals surface area contributed by atoms with Crippen LogP contribution in [0.2, 0.25) is 5.02 Å². The molecule has 2 nitrogen and oxygen atoms in total. The molecule has 68 valence electrons. The first-order valence-electron chi connectivity index (χ1n) is 4.03. The Morgan fingerprint density at radius 1 is 1.62 bits per heavy atom. The van der Waals surface area contributed by atoms with Gasteiger partial charge in [-0.25, -0.2) is 0 Å². The molecule has 0 aliphatic rings. The van der Waals surface area contributed by atoms with E-state index in [1.807, 2.05) is 31.2 Å². The highest BCUT2D eigenvalue weighted by molar-refractivity contribution is 6.31. The van der Waals surface area contributed by atoms with Gasteiger partial charge in [-0.3, -0.25) is 0 Å². The van der Waals surface area contributed by atoms with Gasteiger partial charge in [0.2, 0.25) is 0 Å². The normalized spacial score (nSPS) is 12.2. The lowest BCUT2D eigenvalue weighted by molar-refractivity contribution is 0.748. The number of aryl methyl sites for hydroxylation is 1. The van der Waals surface area contributed by atoms with Crippen molar-refractivity contribution in [3.8, 4) is 6.07 Å². The number of halogens is 1. The Hall–Kier alpha value is -1.04. The van der Waals surface area contributed by atoms with Gasteiger partial charge in [0.05, 0.1) is 12.5 Å². The molecular formula is C10H11ClN2. The highest BCUT2D eigenvalue weighted by Gasteiger charge is 2.06. The maximum atomic E-state index is 8.46. The quantitative estimate of drug-likeness (QED) is 0.787. The van der Waals surface area contributed by atoms with E-state index in [-0.39, 0.29) is 6.04 Å². The molecule has 2 N–H and O–H groups in total. The Kier molecular flexibility index (Phi) is 3.30. The average molecular weight is 195 g/mol. The van der Waals surface area contributed by atoms with Crippen molar-refractivity contribution in [1.82, 2.24) is 0 Å². The van der Waals surface area contributed by atoms with E-state index < -0.39 is 0 Å². The highest BCUT2D eigenvalue weighted by atomic mass is 35.5. The van der Waals surface area contributed by atoms with Gasteiger partial charge in [0.1, 0.15) is 0 Å². The summed E-state index contributed by atoms with van der Waals surface area (Å²) >= 11 is 5.92. The zero-order valence-corrected chi connectivity index (χ0v) is 8.17. The summed E-state index contributed by atoms with van der Waals surface area (Å²) in [5.41, 5.74) is 7.68. The molecule has 0 saturated carbocycles. The Bertz CT molecular complexity index is 341. The standard InChI is InChI=1S/C10H11ClN2/c1-7-2-3-8(6-9(7)11)10(13)4-5-12/h2-3,6,10H,4,13H2,1H3. The van der Waals surface area contributed by atoms with Gasteiger partial charge in [-0.15, -0.1) is 0 Å². The molecule has 1 atom stereocenters. The van der Waals surface area contributed by atoms with E-state index in [1.54, 1.807) is 0 Å². The van der Waals surface area contributed by atoms with Crippen LogP contribution < -0.4 is 5.73 Å². The summed E-state index contributed by atoms with van der Waals surface area (Å²) in [6.45, 7) is 1.93. The molecule has 3 heteroatoms. The van der Waals surface area contributed by atoms with E-state index >= 15 is 0 Å². The molecule has 0 aromatic heterocycles. The third-order valence-electron chi connectivity index (χ3n) is 1.94. The lowest BCUT2D eigenvalue weighted by Gasteiger charge is -2.08. The van der Waals surface area contributed by atoms with Crippen LogP contribution in [0.1, 0.15) is 23.6 Å². The molecule has 0 bridgehead atoms. The molecule has 0 heterocycles. The summed E-state index contributed by atoms with van der Waals surface area (Å²) in [7, 11) is 0. The van der Waals surface area contributed by atoms with Crippen molar-refractivity contribution in [1.29, 1.82) is 5.26 Å². The second kappa shape index (κ2) is 4.27. The number of nitrogens with zero attached hydrogens (tertiary/aromatic N) is 1. The summed E-state index contributed by atoms with van der Waals surface area (Å²) in [5.74, 6) is 0. The minimum Gasteiger partial charge on any atom is -0.323 e. The molecule has 13 heavy (non-hydrogen) atoms. The first kappa shape index (κ1) is 10.0. The smallest absolute Gasteiger partial charge is 0.0641 e. The van der Waals surface area contributed by atoms with Crippen molar-refractivity contribution in [3.05, 3.63) is 34.3 Å². The van der Waals surface area contributed by atoms with Crippen LogP contribution in [0.5, 0.6) is 0 Å². The minimum atomic E-state index is -0.233. The first-order valence-corrected chi connectivity index (χ1v) is 4.41. The molecule has 0 amide bonds. The molecule has 0 saturated heterocycles. The van der Waals surface area contributed by atoms with Crippen LogP contribution in [0, 0.1) is 18.3 Å². The summed E-state index contributed by atoms with van der Waals surface area (Å²) < 4.78 is 0. The monoisotopic (exact) mass is 194 g/mol. The van der Waals surface area contributed by atoms with Crippen molar-refractivity contribution < 1.29 is 0 Å². The Labute approximate surface area is 82.9 Å². The molecule has 1 rings (SSSR count). The number of nitrogens with two attached hydrogens (primary N) is 1. The number of hydrogen-bond donors (Lipinski definition) is 1. The Morgan fingerprint density at radius 3 is 2.85 bits per heavy atom. The van der Waals surface area contributed by atoms with Crippen molar-refractivity contribution in [3.63, 3.8) is 0 Å². The van der Waals surface area contributed by atoms with Crippen molar-refractivity contribution >= 4 is 11.6 Å². The van der Waals surface area contributed by atoms with Gasteiger partial charge in [0.15, 0.2) is 0 Å². The van der Waals surface area contributed by atoms with Crippen molar-refractivity contribution in [2.45, 2.75) is 19.4 Å². The highest BCUT2D eigenvalue weighted by Crippen LogP contribution is 2.21. The minimum absolute atomic E-state index is 0.233. The molecule has 0 spiro atoms. The number of rotatable bonds is 2. The number of benzene rings is 1. The third-order valence-corrected chi connectivity index (χ3v) is 2.34. The molecule has 0 radical (unpaired) electrons. The van der Waals surface area contributed by atoms with Crippen molar-refractivity contribution in [2.24, 2.45) is 5.73 Å². The fourth-order valence-corrected chi connectivity index (χ4v) is 1.24. The predicted octanol–water partition coefficient (Wildman–Crippen LogP) is 2.56. The van der Waals surface area contributed by atoms with Crippen molar-refractivity contribution in [2.75, 3.05) is 0 Å². The summed E-state index contributed by atoms with van der Waals surface area (Å²) in [4.78, 5) is 0. The predicted molar refractivity (Wildman–Crippen MR) is 53.3 cm³/mol. The van der Waals surface area contributed by atoms with Gasteiger partial charge in [-0.1, -0.05) is 23.7 Å². The summed E-state index contributed by atoms with van der Waals surface area (Å²) in [5, 5.41) is 9.16. The van der Waals surface area contributed by atoms with E-state index in [1.165, 1.54) is 0 Å². The van der Waals surface area contributed by atoms with E-state index in [4.69, 9.17) is 22.6 Å². The Morgan fingerprint density at radius 2 is 2.31 bits per heavy atom. The third kappa shape index (κ3) is 2.45.